The molecule has 1 fully saturated rings. The van der Waals surface area contributed by atoms with E-state index in [4.69, 9.17) is 5.11 Å². The summed E-state index contributed by atoms with van der Waals surface area (Å²) in [6.45, 7) is 6.48. The average molecular weight is 184 g/mol. The van der Waals surface area contributed by atoms with Crippen molar-refractivity contribution < 1.29 is 9.90 Å². The molecule has 4 unspecified atom stereocenters. The zero-order chi connectivity index (χ0) is 10.0. The van der Waals surface area contributed by atoms with Gasteiger partial charge in [0, 0.05) is 0 Å². The first-order valence-corrected chi connectivity index (χ1v) is 5.23. The first-order chi connectivity index (χ1) is 6.00. The first kappa shape index (κ1) is 10.6. The van der Waals surface area contributed by atoms with Crippen LogP contribution in [0.15, 0.2) is 0 Å². The van der Waals surface area contributed by atoms with Crippen molar-refractivity contribution in [1.82, 2.24) is 0 Å². The van der Waals surface area contributed by atoms with E-state index in [1.54, 1.807) is 0 Å². The molecule has 0 amide bonds. The lowest BCUT2D eigenvalue weighted by Crippen LogP contribution is -2.22. The molecule has 0 spiro atoms. The van der Waals surface area contributed by atoms with Crippen LogP contribution < -0.4 is 0 Å². The van der Waals surface area contributed by atoms with Crippen LogP contribution in [0.1, 0.15) is 40.0 Å². The highest BCUT2D eigenvalue weighted by molar-refractivity contribution is 5.70. The zero-order valence-corrected chi connectivity index (χ0v) is 8.79. The number of hydrogen-bond donors (Lipinski definition) is 1. The van der Waals surface area contributed by atoms with E-state index in [1.165, 1.54) is 6.42 Å². The molecule has 0 aromatic carbocycles. The fourth-order valence-corrected chi connectivity index (χ4v) is 2.69. The minimum Gasteiger partial charge on any atom is -0.481 e. The van der Waals surface area contributed by atoms with E-state index in [-0.39, 0.29) is 5.92 Å². The molecule has 1 N–H and O–H groups in total. The van der Waals surface area contributed by atoms with Crippen molar-refractivity contribution in [3.05, 3.63) is 0 Å². The van der Waals surface area contributed by atoms with E-state index in [9.17, 15) is 4.79 Å². The Kier molecular flexibility index (Phi) is 3.34. The summed E-state index contributed by atoms with van der Waals surface area (Å²) in [7, 11) is 0. The fourth-order valence-electron chi connectivity index (χ4n) is 2.69. The summed E-state index contributed by atoms with van der Waals surface area (Å²) in [5.41, 5.74) is 0. The van der Waals surface area contributed by atoms with Gasteiger partial charge in [-0.25, -0.2) is 0 Å². The van der Waals surface area contributed by atoms with E-state index < -0.39 is 5.97 Å². The fraction of sp³-hybridized carbons (Fsp3) is 0.909. The van der Waals surface area contributed by atoms with Crippen LogP contribution in [0.4, 0.5) is 0 Å². The van der Waals surface area contributed by atoms with Gasteiger partial charge in [-0.05, 0) is 37.0 Å². The molecular weight excluding hydrogens is 164 g/mol. The maximum atomic E-state index is 11.0. The zero-order valence-electron chi connectivity index (χ0n) is 8.79. The second-order valence-electron chi connectivity index (χ2n) is 4.84. The van der Waals surface area contributed by atoms with Crippen LogP contribution in [0.2, 0.25) is 0 Å². The van der Waals surface area contributed by atoms with Crippen LogP contribution in [0.25, 0.3) is 0 Å². The van der Waals surface area contributed by atoms with Crippen molar-refractivity contribution in [2.75, 3.05) is 0 Å². The van der Waals surface area contributed by atoms with Gasteiger partial charge in [-0.15, -0.1) is 0 Å². The number of hydrogen-bond acceptors (Lipinski definition) is 1. The maximum Gasteiger partial charge on any atom is 0.306 e. The molecule has 0 saturated heterocycles. The summed E-state index contributed by atoms with van der Waals surface area (Å²) in [6.07, 6.45) is 3.12. The molecule has 0 aliphatic heterocycles. The number of carboxylic acids is 1. The van der Waals surface area contributed by atoms with Crippen molar-refractivity contribution in [1.29, 1.82) is 0 Å². The predicted octanol–water partition coefficient (Wildman–Crippen LogP) is 2.78. The molecular formula is C11H20O2. The smallest absolute Gasteiger partial charge is 0.306 e. The lowest BCUT2D eigenvalue weighted by molar-refractivity contribution is -0.144. The largest absolute Gasteiger partial charge is 0.481 e. The highest BCUT2D eigenvalue weighted by Gasteiger charge is 2.31. The lowest BCUT2D eigenvalue weighted by atomic mass is 9.87. The normalized spacial score (nSPS) is 41.2. The molecule has 0 aromatic heterocycles. The minimum absolute atomic E-state index is 0.111. The molecule has 1 aliphatic carbocycles. The SMILES string of the molecule is CC1CC(C)CC(C(=O)O)C(C)C1. The Morgan fingerprint density at radius 2 is 1.62 bits per heavy atom. The molecule has 0 bridgehead atoms. The van der Waals surface area contributed by atoms with Gasteiger partial charge in [0.15, 0.2) is 0 Å². The van der Waals surface area contributed by atoms with Crippen molar-refractivity contribution in [2.24, 2.45) is 23.7 Å². The van der Waals surface area contributed by atoms with Gasteiger partial charge in [-0.2, -0.15) is 0 Å². The summed E-state index contributed by atoms with van der Waals surface area (Å²) in [6, 6.07) is 0. The molecule has 13 heavy (non-hydrogen) atoms. The molecule has 2 nitrogen and oxygen atoms in total. The van der Waals surface area contributed by atoms with Gasteiger partial charge in [0.05, 0.1) is 5.92 Å². The predicted molar refractivity (Wildman–Crippen MR) is 52.5 cm³/mol. The van der Waals surface area contributed by atoms with Crippen LogP contribution in [0, 0.1) is 23.7 Å². The molecule has 1 rings (SSSR count). The number of rotatable bonds is 1. The number of carbonyl (C=O) groups is 1. The number of aliphatic carboxylic acids is 1. The topological polar surface area (TPSA) is 37.3 Å². The van der Waals surface area contributed by atoms with Gasteiger partial charge in [-0.1, -0.05) is 20.8 Å². The van der Waals surface area contributed by atoms with Crippen LogP contribution in [-0.2, 0) is 4.79 Å². The quantitative estimate of drug-likeness (QED) is 0.636. The van der Waals surface area contributed by atoms with E-state index in [0.29, 0.717) is 17.8 Å². The molecule has 0 radical (unpaired) electrons. The van der Waals surface area contributed by atoms with Gasteiger partial charge in [0.25, 0.3) is 0 Å². The van der Waals surface area contributed by atoms with Crippen LogP contribution in [-0.4, -0.2) is 11.1 Å². The molecule has 1 aliphatic rings. The summed E-state index contributed by atoms with van der Waals surface area (Å²) < 4.78 is 0. The van der Waals surface area contributed by atoms with E-state index in [1.807, 2.05) is 0 Å². The van der Waals surface area contributed by atoms with Gasteiger partial charge in [0.1, 0.15) is 0 Å². The van der Waals surface area contributed by atoms with Gasteiger partial charge in [-0.3, -0.25) is 4.79 Å². The highest BCUT2D eigenvalue weighted by Crippen LogP contribution is 2.34. The monoisotopic (exact) mass is 184 g/mol. The number of carboxylic acid groups (broad SMARTS) is 1. The highest BCUT2D eigenvalue weighted by atomic mass is 16.4. The Morgan fingerprint density at radius 1 is 1.08 bits per heavy atom. The lowest BCUT2D eigenvalue weighted by Gasteiger charge is -2.18. The summed E-state index contributed by atoms with van der Waals surface area (Å²) in [4.78, 5) is 11.0. The van der Waals surface area contributed by atoms with Crippen molar-refractivity contribution in [2.45, 2.75) is 40.0 Å². The molecule has 0 aromatic rings. The Balaban J connectivity index is 2.68. The van der Waals surface area contributed by atoms with Crippen molar-refractivity contribution in [3.8, 4) is 0 Å². The molecule has 4 atom stereocenters. The Morgan fingerprint density at radius 3 is 2.15 bits per heavy atom. The Hall–Kier alpha value is -0.530. The van der Waals surface area contributed by atoms with E-state index in [0.717, 1.165) is 12.8 Å². The molecule has 1 saturated carbocycles. The summed E-state index contributed by atoms with van der Waals surface area (Å²) >= 11 is 0. The van der Waals surface area contributed by atoms with Crippen LogP contribution in [0.5, 0.6) is 0 Å². The van der Waals surface area contributed by atoms with Crippen LogP contribution in [0.3, 0.4) is 0 Å². The molecule has 0 heterocycles. The molecule has 76 valence electrons. The standard InChI is InChI=1S/C11H20O2/c1-7-4-8(2)6-10(11(12)13)9(3)5-7/h7-10H,4-6H2,1-3H3,(H,12,13). The second kappa shape index (κ2) is 4.12. The second-order valence-corrected chi connectivity index (χ2v) is 4.84. The van der Waals surface area contributed by atoms with E-state index in [2.05, 4.69) is 20.8 Å². The third-order valence-corrected chi connectivity index (χ3v) is 3.24. The maximum absolute atomic E-state index is 11.0. The van der Waals surface area contributed by atoms with Gasteiger partial charge >= 0.3 is 5.97 Å². The third-order valence-electron chi connectivity index (χ3n) is 3.24. The van der Waals surface area contributed by atoms with Crippen molar-refractivity contribution in [3.63, 3.8) is 0 Å². The third kappa shape index (κ3) is 2.71. The summed E-state index contributed by atoms with van der Waals surface area (Å²) in [5.74, 6) is 0.890. The average Bonchev–Trinajstić information content (AvgIpc) is 2.09. The summed E-state index contributed by atoms with van der Waals surface area (Å²) in [5, 5.41) is 9.04. The van der Waals surface area contributed by atoms with Crippen LogP contribution >= 0.6 is 0 Å². The molecule has 2 heteroatoms. The van der Waals surface area contributed by atoms with Gasteiger partial charge in [0.2, 0.25) is 0 Å². The van der Waals surface area contributed by atoms with Crippen molar-refractivity contribution >= 4 is 5.97 Å². The Bertz CT molecular complexity index is 189. The first-order valence-electron chi connectivity index (χ1n) is 5.23. The van der Waals surface area contributed by atoms with Gasteiger partial charge < -0.3 is 5.11 Å². The van der Waals surface area contributed by atoms with E-state index >= 15 is 0 Å². The minimum atomic E-state index is -0.603. The Labute approximate surface area is 80.3 Å².